The number of carbonyl (C=O) groups excluding carboxylic acids is 1. The lowest BCUT2D eigenvalue weighted by Gasteiger charge is -2.35. The number of carbonyl (C=O) groups is 1. The van der Waals surface area contributed by atoms with E-state index in [0.29, 0.717) is 63.9 Å². The molecule has 3 heterocycles. The highest BCUT2D eigenvalue weighted by Gasteiger charge is 2.38. The van der Waals surface area contributed by atoms with E-state index in [9.17, 15) is 18.0 Å². The van der Waals surface area contributed by atoms with Crippen LogP contribution in [0.25, 0.3) is 6.08 Å². The van der Waals surface area contributed by atoms with E-state index < -0.39 is 17.9 Å². The molecule has 1 aliphatic carbocycles. The van der Waals surface area contributed by atoms with Crippen LogP contribution < -0.4 is 10.1 Å². The molecule has 7 nitrogen and oxygen atoms in total. The third kappa shape index (κ3) is 8.45. The molecule has 2 aromatic rings. The Hall–Kier alpha value is -3.08. The molecule has 212 valence electrons. The average Bonchev–Trinajstić information content (AvgIpc) is 3.10. The van der Waals surface area contributed by atoms with Gasteiger partial charge in [-0.3, -0.25) is 4.79 Å². The minimum atomic E-state index is -4.45. The molecule has 1 N–H and O–H groups in total. The molecule has 1 aliphatic heterocycles. The van der Waals surface area contributed by atoms with Gasteiger partial charge in [-0.1, -0.05) is 6.07 Å². The normalized spacial score (nSPS) is 23.2. The van der Waals surface area contributed by atoms with Crippen LogP contribution in [0, 0.1) is 6.92 Å². The number of hydrogen-bond donors (Lipinski definition) is 1. The molecule has 0 radical (unpaired) electrons. The Kier molecular flexibility index (Phi) is 9.19. The predicted molar refractivity (Wildman–Crippen MR) is 139 cm³/mol. The van der Waals surface area contributed by atoms with Gasteiger partial charge in [-0.15, -0.1) is 0 Å². The van der Waals surface area contributed by atoms with Crippen molar-refractivity contribution in [2.24, 2.45) is 0 Å². The van der Waals surface area contributed by atoms with Crippen LogP contribution in [0.3, 0.4) is 0 Å². The molecule has 0 aromatic carbocycles. The van der Waals surface area contributed by atoms with E-state index in [1.807, 2.05) is 0 Å². The van der Waals surface area contributed by atoms with Crippen LogP contribution in [0.4, 0.5) is 17.6 Å². The summed E-state index contributed by atoms with van der Waals surface area (Å²) in [6.07, 6.45) is 3.64. The van der Waals surface area contributed by atoms with Crippen molar-refractivity contribution in [1.82, 2.24) is 25.2 Å². The zero-order valence-corrected chi connectivity index (χ0v) is 22.3. The van der Waals surface area contributed by atoms with Crippen LogP contribution in [0.1, 0.15) is 61.7 Å². The Morgan fingerprint density at radius 1 is 1.21 bits per heavy atom. The first-order chi connectivity index (χ1) is 18.5. The number of aryl methyl sites for hydroxylation is 1. The van der Waals surface area contributed by atoms with E-state index >= 15 is 4.39 Å². The Labute approximate surface area is 226 Å². The zero-order chi connectivity index (χ0) is 28.0. The third-order valence-corrected chi connectivity index (χ3v) is 7.50. The maximum Gasteiger partial charge on any atom is 0.425 e. The number of nitrogens with zero attached hydrogens (tertiary/aromatic N) is 4. The van der Waals surface area contributed by atoms with Crippen molar-refractivity contribution in [3.05, 3.63) is 53.2 Å². The van der Waals surface area contributed by atoms with Gasteiger partial charge < -0.3 is 15.0 Å². The molecular weight excluding hydrogens is 514 g/mol. The summed E-state index contributed by atoms with van der Waals surface area (Å²) in [6.45, 7) is 4.74. The van der Waals surface area contributed by atoms with Gasteiger partial charge in [-0.25, -0.2) is 19.3 Å². The largest absolute Gasteiger partial charge is 0.465 e. The standard InChI is InChI=1S/C28H35F4N5O2/c1-19(28(30,31)32)39-26-6-4-22-9-14-37(15-10-24(22)36-26)16-13-27(29)11-7-23(8-12-27)35-25(38)5-3-21-17-33-20(2)34-18-21/h3-6,17-19,23H,7-16H2,1-2H3,(H,35,38)/b5-3+. The number of hydrogen-bond acceptors (Lipinski definition) is 6. The highest BCUT2D eigenvalue weighted by Crippen LogP contribution is 2.35. The van der Waals surface area contributed by atoms with Crippen LogP contribution in [-0.2, 0) is 17.6 Å². The number of alkyl halides is 4. The van der Waals surface area contributed by atoms with Gasteiger partial charge in [0, 0.05) is 67.9 Å². The lowest BCUT2D eigenvalue weighted by Crippen LogP contribution is -2.42. The van der Waals surface area contributed by atoms with Gasteiger partial charge in [0.2, 0.25) is 11.8 Å². The van der Waals surface area contributed by atoms with Gasteiger partial charge in [-0.2, -0.15) is 13.2 Å². The molecule has 1 atom stereocenters. The Morgan fingerprint density at radius 3 is 2.59 bits per heavy atom. The number of nitrogens with one attached hydrogen (secondary N) is 1. The molecule has 1 amide bonds. The van der Waals surface area contributed by atoms with E-state index in [-0.39, 0.29) is 17.8 Å². The van der Waals surface area contributed by atoms with Gasteiger partial charge in [0.15, 0.2) is 6.10 Å². The van der Waals surface area contributed by atoms with Crippen molar-refractivity contribution >= 4 is 12.0 Å². The van der Waals surface area contributed by atoms with Crippen LogP contribution in [0.5, 0.6) is 5.88 Å². The molecule has 2 aromatic heterocycles. The average molecular weight is 550 g/mol. The monoisotopic (exact) mass is 549 g/mol. The number of ether oxygens (including phenoxy) is 1. The summed E-state index contributed by atoms with van der Waals surface area (Å²) in [5.41, 5.74) is 1.18. The van der Waals surface area contributed by atoms with Gasteiger partial charge in [0.05, 0.1) is 0 Å². The predicted octanol–water partition coefficient (Wildman–Crippen LogP) is 4.78. The van der Waals surface area contributed by atoms with E-state index in [1.54, 1.807) is 31.5 Å². The van der Waals surface area contributed by atoms with Crippen LogP contribution >= 0.6 is 0 Å². The summed E-state index contributed by atoms with van der Waals surface area (Å²) in [6, 6.07) is 3.20. The minimum Gasteiger partial charge on any atom is -0.465 e. The smallest absolute Gasteiger partial charge is 0.425 e. The summed E-state index contributed by atoms with van der Waals surface area (Å²) in [5.74, 6) is 0.414. The quantitative estimate of drug-likeness (QED) is 0.377. The number of aromatic nitrogens is 3. The fourth-order valence-electron chi connectivity index (χ4n) is 4.94. The maximum atomic E-state index is 15.6. The lowest BCUT2D eigenvalue weighted by atomic mass is 9.81. The lowest BCUT2D eigenvalue weighted by molar-refractivity contribution is -0.190. The molecule has 11 heteroatoms. The topological polar surface area (TPSA) is 80.2 Å². The van der Waals surface area contributed by atoms with Gasteiger partial charge in [0.1, 0.15) is 11.5 Å². The molecule has 0 bridgehead atoms. The fourth-order valence-corrected chi connectivity index (χ4v) is 4.94. The van der Waals surface area contributed by atoms with Crippen molar-refractivity contribution in [3.8, 4) is 5.88 Å². The van der Waals surface area contributed by atoms with Crippen LogP contribution in [0.2, 0.25) is 0 Å². The van der Waals surface area contributed by atoms with Crippen molar-refractivity contribution in [3.63, 3.8) is 0 Å². The first-order valence-electron chi connectivity index (χ1n) is 13.4. The molecule has 0 spiro atoms. The molecule has 39 heavy (non-hydrogen) atoms. The molecule has 0 saturated heterocycles. The summed E-state index contributed by atoms with van der Waals surface area (Å²) in [4.78, 5) is 27.0. The second-order valence-electron chi connectivity index (χ2n) is 10.5. The minimum absolute atomic E-state index is 0.0294. The highest BCUT2D eigenvalue weighted by atomic mass is 19.4. The van der Waals surface area contributed by atoms with Gasteiger partial charge in [0.25, 0.3) is 0 Å². The highest BCUT2D eigenvalue weighted by molar-refractivity contribution is 5.91. The Bertz CT molecular complexity index is 1150. The number of halogens is 4. The second kappa shape index (κ2) is 12.4. The number of fused-ring (bicyclic) bond motifs is 1. The zero-order valence-electron chi connectivity index (χ0n) is 22.3. The van der Waals surface area contributed by atoms with Gasteiger partial charge >= 0.3 is 6.18 Å². The van der Waals surface area contributed by atoms with E-state index in [4.69, 9.17) is 4.74 Å². The van der Waals surface area contributed by atoms with Crippen LogP contribution in [-0.4, -0.2) is 69.4 Å². The summed E-state index contributed by atoms with van der Waals surface area (Å²) in [5, 5.41) is 2.96. The van der Waals surface area contributed by atoms with Gasteiger partial charge in [-0.05, 0) is 64.0 Å². The molecule has 1 saturated carbocycles. The fraction of sp³-hybridized carbons (Fsp3) is 0.571. The first kappa shape index (κ1) is 28.9. The number of amides is 1. The van der Waals surface area contributed by atoms with Crippen molar-refractivity contribution in [2.45, 2.75) is 82.8 Å². The Balaban J connectivity index is 1.20. The molecule has 1 fully saturated rings. The van der Waals surface area contributed by atoms with E-state index in [2.05, 4.69) is 25.2 Å². The number of pyridine rings is 1. The molecule has 4 rings (SSSR count). The van der Waals surface area contributed by atoms with Crippen LogP contribution in [0.15, 0.2) is 30.6 Å². The van der Waals surface area contributed by atoms with E-state index in [0.717, 1.165) is 30.3 Å². The molecular formula is C28H35F4N5O2. The van der Waals surface area contributed by atoms with Crippen molar-refractivity contribution < 1.29 is 27.1 Å². The number of rotatable bonds is 8. The SMILES string of the molecule is Cc1ncc(/C=C/C(=O)NC2CCC(F)(CCN3CCc4ccc(OC(C)C(F)(F)F)nc4CC3)CC2)cn1. The third-order valence-electron chi connectivity index (χ3n) is 7.50. The first-order valence-corrected chi connectivity index (χ1v) is 13.4. The van der Waals surface area contributed by atoms with E-state index in [1.165, 1.54) is 12.1 Å². The Morgan fingerprint density at radius 2 is 1.90 bits per heavy atom. The van der Waals surface area contributed by atoms with Crippen molar-refractivity contribution in [1.29, 1.82) is 0 Å². The molecule has 1 unspecified atom stereocenters. The second-order valence-corrected chi connectivity index (χ2v) is 10.5. The summed E-state index contributed by atoms with van der Waals surface area (Å²) in [7, 11) is 0. The maximum absolute atomic E-state index is 15.6. The molecule has 2 aliphatic rings. The van der Waals surface area contributed by atoms with Crippen molar-refractivity contribution in [2.75, 3.05) is 19.6 Å². The summed E-state index contributed by atoms with van der Waals surface area (Å²) >= 11 is 0. The summed E-state index contributed by atoms with van der Waals surface area (Å²) < 4.78 is 59.0.